The molecule has 1 aromatic carbocycles. The van der Waals surface area contributed by atoms with Crippen LogP contribution in [0.4, 0.5) is 0 Å². The highest BCUT2D eigenvalue weighted by atomic mass is 79.9. The zero-order chi connectivity index (χ0) is 11.5. The highest BCUT2D eigenvalue weighted by Gasteiger charge is 2.18. The van der Waals surface area contributed by atoms with E-state index in [1.165, 1.54) is 19.2 Å². The molecule has 15 heavy (non-hydrogen) atoms. The number of carbonyl (C=O) groups excluding carboxylic acids is 1. The quantitative estimate of drug-likeness (QED) is 0.625. The molecule has 0 spiro atoms. The summed E-state index contributed by atoms with van der Waals surface area (Å²) in [6, 6.07) is 4.37. The maximum Gasteiger partial charge on any atom is 0.296 e. The highest BCUT2D eigenvalue weighted by molar-refractivity contribution is 9.10. The number of nitrogens with zero attached hydrogens (tertiary/aromatic N) is 1. The fourth-order valence-corrected chi connectivity index (χ4v) is 2.34. The first kappa shape index (κ1) is 11.9. The molecule has 0 amide bonds. The Morgan fingerprint density at radius 1 is 1.47 bits per heavy atom. The van der Waals surface area contributed by atoms with Crippen LogP contribution < -0.4 is 4.74 Å². The summed E-state index contributed by atoms with van der Waals surface area (Å²) in [6.07, 6.45) is 0.993. The number of methoxy groups -OCH3 is 1. The van der Waals surface area contributed by atoms with Crippen LogP contribution >= 0.6 is 15.9 Å². The van der Waals surface area contributed by atoms with Gasteiger partial charge in [-0.25, -0.2) is 4.79 Å². The molecule has 0 unspecified atom stereocenters. The van der Waals surface area contributed by atoms with Crippen molar-refractivity contribution in [2.24, 2.45) is 4.40 Å². The monoisotopic (exact) mass is 291 g/mol. The Balaban J connectivity index is 3.48. The number of ether oxygens (including phenoxy) is 1. The Labute approximate surface area is 95.0 Å². The molecular weight excluding hydrogens is 286 g/mol. The van der Waals surface area contributed by atoms with Gasteiger partial charge in [0.25, 0.3) is 16.1 Å². The lowest BCUT2D eigenvalue weighted by atomic mass is 10.3. The van der Waals surface area contributed by atoms with E-state index in [0.29, 0.717) is 4.47 Å². The molecule has 0 aromatic heterocycles. The van der Waals surface area contributed by atoms with Crippen molar-refractivity contribution in [1.82, 2.24) is 0 Å². The van der Waals surface area contributed by atoms with E-state index >= 15 is 0 Å². The van der Waals surface area contributed by atoms with E-state index < -0.39 is 10.0 Å². The van der Waals surface area contributed by atoms with Crippen LogP contribution in [0.15, 0.2) is 32.0 Å². The summed E-state index contributed by atoms with van der Waals surface area (Å²) in [6.45, 7) is 0. The Morgan fingerprint density at radius 3 is 2.67 bits per heavy atom. The fourth-order valence-electron chi connectivity index (χ4n) is 0.950. The topological polar surface area (TPSA) is 72.8 Å². The summed E-state index contributed by atoms with van der Waals surface area (Å²) in [5.74, 6) is 0.122. The first-order chi connectivity index (χ1) is 7.01. The smallest absolute Gasteiger partial charge is 0.296 e. The van der Waals surface area contributed by atoms with Gasteiger partial charge in [-0.1, -0.05) is 20.3 Å². The van der Waals surface area contributed by atoms with Crippen LogP contribution in [0.3, 0.4) is 0 Å². The molecule has 0 radical (unpaired) electrons. The Morgan fingerprint density at radius 2 is 2.13 bits per heavy atom. The van der Waals surface area contributed by atoms with Gasteiger partial charge in [0.05, 0.1) is 7.11 Å². The molecule has 5 nitrogen and oxygen atoms in total. The SMILES string of the molecule is COc1ccc(Br)cc1S(=O)(=O)N=C=O. The molecule has 0 bridgehead atoms. The third-order valence-electron chi connectivity index (χ3n) is 1.56. The molecule has 0 aliphatic rings. The van der Waals surface area contributed by atoms with Crippen molar-refractivity contribution in [3.8, 4) is 5.75 Å². The standard InChI is InChI=1S/C8H6BrNO4S/c1-14-7-3-2-6(9)4-8(7)15(12,13)10-5-11/h2-4H,1H3. The van der Waals surface area contributed by atoms with Crippen molar-refractivity contribution in [2.75, 3.05) is 7.11 Å². The van der Waals surface area contributed by atoms with Crippen molar-refractivity contribution in [3.05, 3.63) is 22.7 Å². The largest absolute Gasteiger partial charge is 0.495 e. The summed E-state index contributed by atoms with van der Waals surface area (Å²) in [5.41, 5.74) is 0. The minimum atomic E-state index is -4.03. The van der Waals surface area contributed by atoms with Crippen LogP contribution in [0.1, 0.15) is 0 Å². The normalized spacial score (nSPS) is 10.5. The zero-order valence-corrected chi connectivity index (χ0v) is 10.0. The zero-order valence-electron chi connectivity index (χ0n) is 7.60. The number of halogens is 1. The lowest BCUT2D eigenvalue weighted by Crippen LogP contribution is -2.00. The summed E-state index contributed by atoms with van der Waals surface area (Å²) >= 11 is 3.11. The van der Waals surface area contributed by atoms with Crippen LogP contribution in [0.5, 0.6) is 5.75 Å². The first-order valence-corrected chi connectivity index (χ1v) is 5.92. The van der Waals surface area contributed by atoms with Gasteiger partial charge >= 0.3 is 0 Å². The van der Waals surface area contributed by atoms with E-state index in [1.807, 2.05) is 0 Å². The lowest BCUT2D eigenvalue weighted by Gasteiger charge is -2.05. The van der Waals surface area contributed by atoms with Gasteiger partial charge in [0.15, 0.2) is 0 Å². The van der Waals surface area contributed by atoms with Gasteiger partial charge in [-0.05, 0) is 18.2 Å². The van der Waals surface area contributed by atoms with Crippen molar-refractivity contribution < 1.29 is 17.9 Å². The summed E-state index contributed by atoms with van der Waals surface area (Å²) < 4.78 is 31.0. The molecular formula is C8H6BrNO4S. The third-order valence-corrected chi connectivity index (χ3v) is 3.24. The van der Waals surface area contributed by atoms with Crippen LogP contribution in [0.25, 0.3) is 0 Å². The van der Waals surface area contributed by atoms with E-state index in [2.05, 4.69) is 20.3 Å². The van der Waals surface area contributed by atoms with Crippen LogP contribution in [0, 0.1) is 0 Å². The van der Waals surface area contributed by atoms with Gasteiger partial charge in [0.2, 0.25) is 0 Å². The molecule has 7 heteroatoms. The number of benzene rings is 1. The van der Waals surface area contributed by atoms with E-state index in [9.17, 15) is 13.2 Å². The highest BCUT2D eigenvalue weighted by Crippen LogP contribution is 2.28. The second-order valence-electron chi connectivity index (χ2n) is 2.45. The van der Waals surface area contributed by atoms with Crippen molar-refractivity contribution in [3.63, 3.8) is 0 Å². The van der Waals surface area contributed by atoms with E-state index in [4.69, 9.17) is 4.74 Å². The second-order valence-corrected chi connectivity index (χ2v) is 4.94. The maximum atomic E-state index is 11.4. The Bertz CT molecular complexity index is 519. The van der Waals surface area contributed by atoms with Gasteiger partial charge in [0, 0.05) is 4.47 Å². The molecule has 1 aromatic rings. The molecule has 0 fully saturated rings. The molecule has 1 rings (SSSR count). The number of hydrogen-bond donors (Lipinski definition) is 0. The van der Waals surface area contributed by atoms with Gasteiger partial charge in [0.1, 0.15) is 10.6 Å². The molecule has 0 heterocycles. The number of isocyanates is 1. The van der Waals surface area contributed by atoms with Gasteiger partial charge in [-0.2, -0.15) is 8.42 Å². The number of hydrogen-bond acceptors (Lipinski definition) is 4. The summed E-state index contributed by atoms with van der Waals surface area (Å²) in [4.78, 5) is 9.78. The van der Waals surface area contributed by atoms with Gasteiger partial charge in [-0.15, -0.1) is 0 Å². The molecule has 0 saturated heterocycles. The molecule has 80 valence electrons. The van der Waals surface area contributed by atoms with E-state index in [-0.39, 0.29) is 10.6 Å². The lowest BCUT2D eigenvalue weighted by molar-refractivity contribution is 0.402. The number of rotatable bonds is 3. The summed E-state index contributed by atoms with van der Waals surface area (Å²) in [7, 11) is -2.70. The predicted octanol–water partition coefficient (Wildman–Crippen LogP) is 1.48. The number of sulfonamides is 1. The molecule has 0 atom stereocenters. The third kappa shape index (κ3) is 2.65. The average molecular weight is 292 g/mol. The first-order valence-electron chi connectivity index (χ1n) is 3.69. The van der Waals surface area contributed by atoms with Crippen molar-refractivity contribution in [1.29, 1.82) is 0 Å². The van der Waals surface area contributed by atoms with Crippen LogP contribution in [-0.2, 0) is 14.8 Å². The van der Waals surface area contributed by atoms with E-state index in [1.54, 1.807) is 6.07 Å². The Hall–Kier alpha value is -1.17. The fraction of sp³-hybridized carbons (Fsp3) is 0.125. The van der Waals surface area contributed by atoms with Gasteiger partial charge < -0.3 is 4.74 Å². The molecule has 0 aliphatic heterocycles. The van der Waals surface area contributed by atoms with Crippen molar-refractivity contribution >= 4 is 32.0 Å². The molecule has 0 N–H and O–H groups in total. The van der Waals surface area contributed by atoms with Crippen LogP contribution in [-0.4, -0.2) is 21.6 Å². The minimum Gasteiger partial charge on any atom is -0.495 e. The van der Waals surface area contributed by atoms with E-state index in [0.717, 1.165) is 6.08 Å². The van der Waals surface area contributed by atoms with Gasteiger partial charge in [-0.3, -0.25) is 0 Å². The predicted molar refractivity (Wildman–Crippen MR) is 56.0 cm³/mol. The van der Waals surface area contributed by atoms with Crippen molar-refractivity contribution in [2.45, 2.75) is 4.90 Å². The van der Waals surface area contributed by atoms with Crippen LogP contribution in [0.2, 0.25) is 0 Å². The summed E-state index contributed by atoms with van der Waals surface area (Å²) in [5, 5.41) is 0. The average Bonchev–Trinajstić information content (AvgIpc) is 2.17. The molecule has 0 aliphatic carbocycles. The molecule has 0 saturated carbocycles. The second kappa shape index (κ2) is 4.57. The Kier molecular flexibility index (Phi) is 3.62. The minimum absolute atomic E-state index is 0.122. The maximum absolute atomic E-state index is 11.4.